The molecule has 0 saturated carbocycles. The topological polar surface area (TPSA) is 76.4 Å². The SMILES string of the molecule is COc1ccc(Cn2ncc3c2-c2cc(C4=CCNCC4)cnc2NC(c2c(F)cccc2F)=N3)cc1. The maximum absolute atomic E-state index is 14.8. The average Bonchev–Trinajstić information content (AvgIpc) is 3.23. The van der Waals surface area contributed by atoms with Gasteiger partial charge in [-0.15, -0.1) is 0 Å². The van der Waals surface area contributed by atoms with Crippen molar-refractivity contribution in [3.63, 3.8) is 0 Å². The van der Waals surface area contributed by atoms with Crippen molar-refractivity contribution >= 4 is 22.9 Å². The van der Waals surface area contributed by atoms with Crippen molar-refractivity contribution in [2.75, 3.05) is 25.5 Å². The van der Waals surface area contributed by atoms with Crippen molar-refractivity contribution in [3.8, 4) is 17.0 Å². The zero-order chi connectivity index (χ0) is 25.4. The standard InChI is InChI=1S/C28H24F2N6O/c1-37-20-7-5-17(6-8-20)16-36-26-21-13-19(18-9-11-31-12-10-18)14-32-27(21)35-28(34-24(26)15-33-36)25-22(29)3-2-4-23(25)30/h2-9,13-15,31H,10-12,16H2,1H3,(H,32,34,35). The number of amidine groups is 1. The van der Waals surface area contributed by atoms with Crippen LogP contribution in [0.2, 0.25) is 0 Å². The zero-order valence-electron chi connectivity index (χ0n) is 20.1. The second kappa shape index (κ2) is 9.59. The van der Waals surface area contributed by atoms with E-state index in [0.717, 1.165) is 42.0 Å². The van der Waals surface area contributed by atoms with Gasteiger partial charge < -0.3 is 15.4 Å². The van der Waals surface area contributed by atoms with E-state index < -0.39 is 11.6 Å². The molecule has 2 aromatic heterocycles. The van der Waals surface area contributed by atoms with Crippen LogP contribution in [-0.4, -0.2) is 40.8 Å². The predicted octanol–water partition coefficient (Wildman–Crippen LogP) is 5.16. The number of pyridine rings is 1. The molecule has 7 nitrogen and oxygen atoms in total. The average molecular weight is 499 g/mol. The molecule has 2 aromatic carbocycles. The molecular formula is C28H24F2N6O. The Morgan fingerprint density at radius 2 is 1.86 bits per heavy atom. The molecule has 0 aliphatic carbocycles. The highest BCUT2D eigenvalue weighted by Crippen LogP contribution is 2.40. The molecule has 0 bridgehead atoms. The lowest BCUT2D eigenvalue weighted by molar-refractivity contribution is 0.414. The van der Waals surface area contributed by atoms with Crippen LogP contribution in [0.4, 0.5) is 20.3 Å². The Labute approximate surface area is 212 Å². The fraction of sp³-hybridized carbons (Fsp3) is 0.179. The number of anilines is 1. The molecule has 0 unspecified atom stereocenters. The summed E-state index contributed by atoms with van der Waals surface area (Å²) in [5, 5.41) is 11.0. The third-order valence-electron chi connectivity index (χ3n) is 6.56. The number of benzene rings is 2. The van der Waals surface area contributed by atoms with E-state index in [2.05, 4.69) is 31.8 Å². The number of fused-ring (bicyclic) bond motifs is 3. The summed E-state index contributed by atoms with van der Waals surface area (Å²) in [6.45, 7) is 2.15. The molecule has 0 spiro atoms. The molecule has 6 rings (SSSR count). The summed E-state index contributed by atoms with van der Waals surface area (Å²) < 4.78 is 36.6. The zero-order valence-corrected chi connectivity index (χ0v) is 20.1. The molecule has 0 atom stereocenters. The Morgan fingerprint density at radius 3 is 2.59 bits per heavy atom. The van der Waals surface area contributed by atoms with Gasteiger partial charge in [0.05, 0.1) is 31.1 Å². The molecule has 0 amide bonds. The normalized spacial score (nSPS) is 14.6. The van der Waals surface area contributed by atoms with Gasteiger partial charge in [-0.25, -0.2) is 18.8 Å². The van der Waals surface area contributed by atoms with Crippen LogP contribution in [-0.2, 0) is 6.54 Å². The highest BCUT2D eigenvalue weighted by Gasteiger charge is 2.26. The molecule has 9 heteroatoms. The molecule has 4 heterocycles. The third-order valence-corrected chi connectivity index (χ3v) is 6.56. The van der Waals surface area contributed by atoms with Gasteiger partial charge in [-0.3, -0.25) is 4.68 Å². The van der Waals surface area contributed by atoms with Gasteiger partial charge in [0.1, 0.15) is 34.7 Å². The quantitative estimate of drug-likeness (QED) is 0.398. The number of halogens is 2. The summed E-state index contributed by atoms with van der Waals surface area (Å²) in [6, 6.07) is 13.5. The highest BCUT2D eigenvalue weighted by atomic mass is 19.1. The summed E-state index contributed by atoms with van der Waals surface area (Å²) in [6.07, 6.45) is 6.44. The maximum atomic E-state index is 14.8. The number of methoxy groups -OCH3 is 1. The van der Waals surface area contributed by atoms with Gasteiger partial charge in [0.2, 0.25) is 0 Å². The Hall–Kier alpha value is -4.37. The first kappa shape index (κ1) is 23.1. The summed E-state index contributed by atoms with van der Waals surface area (Å²) in [5.41, 5.74) is 4.93. The minimum absolute atomic E-state index is 0.0425. The van der Waals surface area contributed by atoms with Crippen LogP contribution in [0.15, 0.2) is 72.0 Å². The van der Waals surface area contributed by atoms with Crippen molar-refractivity contribution in [1.29, 1.82) is 0 Å². The van der Waals surface area contributed by atoms with E-state index in [9.17, 15) is 8.78 Å². The Balaban J connectivity index is 1.50. The second-order valence-electron chi connectivity index (χ2n) is 8.87. The van der Waals surface area contributed by atoms with Crippen LogP contribution in [0.1, 0.15) is 23.1 Å². The van der Waals surface area contributed by atoms with Crippen molar-refractivity contribution in [1.82, 2.24) is 20.1 Å². The van der Waals surface area contributed by atoms with E-state index in [4.69, 9.17) is 4.74 Å². The minimum atomic E-state index is -0.710. The Bertz CT molecular complexity index is 1520. The van der Waals surface area contributed by atoms with Crippen LogP contribution in [0, 0.1) is 11.6 Å². The summed E-state index contributed by atoms with van der Waals surface area (Å²) in [7, 11) is 1.63. The molecule has 0 radical (unpaired) electrons. The fourth-order valence-corrected chi connectivity index (χ4v) is 4.67. The fourth-order valence-electron chi connectivity index (χ4n) is 4.67. The van der Waals surface area contributed by atoms with Crippen LogP contribution in [0.5, 0.6) is 5.75 Å². The Kier molecular flexibility index (Phi) is 5.97. The smallest absolute Gasteiger partial charge is 0.145 e. The predicted molar refractivity (Wildman–Crippen MR) is 139 cm³/mol. The largest absolute Gasteiger partial charge is 0.497 e. The summed E-state index contributed by atoms with van der Waals surface area (Å²) >= 11 is 0. The number of hydrogen-bond acceptors (Lipinski definition) is 6. The number of ether oxygens (including phenoxy) is 1. The van der Waals surface area contributed by atoms with E-state index in [1.165, 1.54) is 23.8 Å². The molecule has 2 N–H and O–H groups in total. The Morgan fingerprint density at radius 1 is 1.05 bits per heavy atom. The number of nitrogens with zero attached hydrogens (tertiary/aromatic N) is 4. The number of nitrogens with one attached hydrogen (secondary N) is 2. The van der Waals surface area contributed by atoms with Crippen LogP contribution in [0.3, 0.4) is 0 Å². The van der Waals surface area contributed by atoms with Gasteiger partial charge in [-0.05, 0) is 60.0 Å². The number of hydrogen-bond donors (Lipinski definition) is 2. The molecule has 4 aromatic rings. The molecule has 0 fully saturated rings. The van der Waals surface area contributed by atoms with Crippen molar-refractivity contribution in [2.45, 2.75) is 13.0 Å². The van der Waals surface area contributed by atoms with Crippen LogP contribution in [0.25, 0.3) is 16.8 Å². The monoisotopic (exact) mass is 498 g/mol. The van der Waals surface area contributed by atoms with Gasteiger partial charge in [0, 0.05) is 18.3 Å². The lowest BCUT2D eigenvalue weighted by Gasteiger charge is -2.17. The first-order valence-electron chi connectivity index (χ1n) is 12.0. The molecule has 0 saturated heterocycles. The van der Waals surface area contributed by atoms with E-state index >= 15 is 0 Å². The molecule has 2 aliphatic rings. The molecule has 37 heavy (non-hydrogen) atoms. The first-order chi connectivity index (χ1) is 18.1. The minimum Gasteiger partial charge on any atom is -0.497 e. The van der Waals surface area contributed by atoms with Gasteiger partial charge in [-0.1, -0.05) is 24.3 Å². The van der Waals surface area contributed by atoms with Crippen LogP contribution >= 0.6 is 0 Å². The summed E-state index contributed by atoms with van der Waals surface area (Å²) in [4.78, 5) is 9.32. The molecule has 186 valence electrons. The van der Waals surface area contributed by atoms with Crippen molar-refractivity contribution in [3.05, 3.63) is 95.3 Å². The molecular weight excluding hydrogens is 474 g/mol. The van der Waals surface area contributed by atoms with Crippen molar-refractivity contribution in [2.24, 2.45) is 4.99 Å². The highest BCUT2D eigenvalue weighted by molar-refractivity contribution is 6.12. The summed E-state index contributed by atoms with van der Waals surface area (Å²) in [5.74, 6) is -0.157. The van der Waals surface area contributed by atoms with Gasteiger partial charge in [0.15, 0.2) is 0 Å². The van der Waals surface area contributed by atoms with E-state index in [0.29, 0.717) is 23.7 Å². The second-order valence-corrected chi connectivity index (χ2v) is 8.87. The maximum Gasteiger partial charge on any atom is 0.145 e. The lowest BCUT2D eigenvalue weighted by atomic mass is 9.99. The number of aromatic nitrogens is 3. The number of aliphatic imine (C=N–C) groups is 1. The van der Waals surface area contributed by atoms with Crippen LogP contribution < -0.4 is 15.4 Å². The van der Waals surface area contributed by atoms with Gasteiger partial charge >= 0.3 is 0 Å². The molecule has 2 aliphatic heterocycles. The van der Waals surface area contributed by atoms with E-state index in [1.54, 1.807) is 19.5 Å². The van der Waals surface area contributed by atoms with Crippen molar-refractivity contribution < 1.29 is 13.5 Å². The van der Waals surface area contributed by atoms with E-state index in [1.807, 2.05) is 35.0 Å². The number of rotatable bonds is 5. The van der Waals surface area contributed by atoms with E-state index in [-0.39, 0.29) is 11.4 Å². The first-order valence-corrected chi connectivity index (χ1v) is 12.0. The third kappa shape index (κ3) is 4.38. The van der Waals surface area contributed by atoms with Gasteiger partial charge in [0.25, 0.3) is 0 Å². The van der Waals surface area contributed by atoms with Gasteiger partial charge in [-0.2, -0.15) is 5.10 Å². The lowest BCUT2D eigenvalue weighted by Crippen LogP contribution is -2.20.